The molecule has 2 heterocycles. The molecule has 0 N–H and O–H groups in total. The Labute approximate surface area is 205 Å². The summed E-state index contributed by atoms with van der Waals surface area (Å²) in [6, 6.07) is 17.6. The quantitative estimate of drug-likeness (QED) is 0.524. The Morgan fingerprint density at radius 1 is 1.09 bits per heavy atom. The maximum absolute atomic E-state index is 13.7. The van der Waals surface area contributed by atoms with Crippen molar-refractivity contribution >= 4 is 5.91 Å². The number of nitrogens with zero attached hydrogens (tertiary/aromatic N) is 4. The van der Waals surface area contributed by atoms with Gasteiger partial charge in [-0.3, -0.25) is 14.2 Å². The lowest BCUT2D eigenvalue weighted by Crippen LogP contribution is -2.44. The fourth-order valence-corrected chi connectivity index (χ4v) is 4.43. The van der Waals surface area contributed by atoms with Crippen LogP contribution in [0, 0.1) is 11.3 Å². The molecule has 7 heteroatoms. The van der Waals surface area contributed by atoms with Crippen molar-refractivity contribution in [3.05, 3.63) is 87.1 Å². The molecule has 1 saturated heterocycles. The van der Waals surface area contributed by atoms with Crippen molar-refractivity contribution in [3.63, 3.8) is 0 Å². The highest BCUT2D eigenvalue weighted by Crippen LogP contribution is 2.24. The monoisotopic (exact) mass is 470 g/mol. The highest BCUT2D eigenvalue weighted by Gasteiger charge is 2.26. The van der Waals surface area contributed by atoms with Crippen molar-refractivity contribution in [3.8, 4) is 17.2 Å². The van der Waals surface area contributed by atoms with Crippen molar-refractivity contribution in [2.75, 3.05) is 26.3 Å². The molecular weight excluding hydrogens is 440 g/mol. The number of rotatable bonds is 7. The summed E-state index contributed by atoms with van der Waals surface area (Å²) in [4.78, 5) is 33.5. The Hall–Kier alpha value is -3.76. The number of nitriles is 1. The zero-order valence-corrected chi connectivity index (χ0v) is 20.3. The molecule has 4 rings (SSSR count). The highest BCUT2D eigenvalue weighted by molar-refractivity contribution is 5.95. The molecule has 1 amide bonds. The molecule has 0 atom stereocenters. The minimum atomic E-state index is -0.282. The van der Waals surface area contributed by atoms with Gasteiger partial charge in [-0.25, -0.2) is 4.98 Å². The Kier molecular flexibility index (Phi) is 7.74. The van der Waals surface area contributed by atoms with Crippen molar-refractivity contribution in [1.82, 2.24) is 14.5 Å². The summed E-state index contributed by atoms with van der Waals surface area (Å²) in [5.74, 6) is 0.440. The lowest BCUT2D eigenvalue weighted by Gasteiger charge is -2.27. The van der Waals surface area contributed by atoms with E-state index < -0.39 is 0 Å². The summed E-state index contributed by atoms with van der Waals surface area (Å²) < 4.78 is 7.02. The predicted octanol–water partition coefficient (Wildman–Crippen LogP) is 3.82. The number of hydrogen-bond donors (Lipinski definition) is 0. The van der Waals surface area contributed by atoms with Crippen LogP contribution in [0.1, 0.15) is 53.3 Å². The van der Waals surface area contributed by atoms with E-state index in [1.807, 2.05) is 49.4 Å². The number of morpholine rings is 1. The molecule has 0 aliphatic carbocycles. The Balaban J connectivity index is 1.71. The standard InChI is InChI=1S/C28H30N4O3/c1-3-7-25-30-24(4-2)26(27(33)31-14-16-35-17-15-31)28(34)32(25)19-20-10-12-21(13-11-20)23-9-6-5-8-22(23)18-29/h5-6,8-13H,3-4,7,14-17,19H2,1-2H3. The van der Waals surface area contributed by atoms with Gasteiger partial charge in [0.2, 0.25) is 0 Å². The summed E-state index contributed by atoms with van der Waals surface area (Å²) in [7, 11) is 0. The van der Waals surface area contributed by atoms with Gasteiger partial charge in [0.25, 0.3) is 11.5 Å². The molecule has 1 aliphatic rings. The Morgan fingerprint density at radius 3 is 2.46 bits per heavy atom. The minimum Gasteiger partial charge on any atom is -0.378 e. The van der Waals surface area contributed by atoms with E-state index in [0.29, 0.717) is 62.8 Å². The van der Waals surface area contributed by atoms with Crippen molar-refractivity contribution in [2.24, 2.45) is 0 Å². The van der Waals surface area contributed by atoms with Gasteiger partial charge in [-0.15, -0.1) is 0 Å². The second-order valence-corrected chi connectivity index (χ2v) is 8.60. The molecular formula is C28H30N4O3. The van der Waals surface area contributed by atoms with Gasteiger partial charge >= 0.3 is 0 Å². The van der Waals surface area contributed by atoms with Crippen LogP contribution in [0.15, 0.2) is 53.3 Å². The molecule has 180 valence electrons. The van der Waals surface area contributed by atoms with E-state index in [2.05, 4.69) is 13.0 Å². The van der Waals surface area contributed by atoms with Crippen molar-refractivity contribution in [2.45, 2.75) is 39.7 Å². The number of hydrogen-bond acceptors (Lipinski definition) is 5. The molecule has 0 spiro atoms. The molecule has 3 aromatic rings. The average molecular weight is 471 g/mol. The zero-order chi connectivity index (χ0) is 24.8. The number of ether oxygens (including phenoxy) is 1. The Morgan fingerprint density at radius 2 is 1.80 bits per heavy atom. The van der Waals surface area contributed by atoms with Gasteiger partial charge in [-0.2, -0.15) is 5.26 Å². The molecule has 2 aromatic carbocycles. The summed E-state index contributed by atoms with van der Waals surface area (Å²) in [5.41, 5.74) is 3.82. The lowest BCUT2D eigenvalue weighted by atomic mass is 9.99. The van der Waals surface area contributed by atoms with E-state index in [4.69, 9.17) is 9.72 Å². The summed E-state index contributed by atoms with van der Waals surface area (Å²) in [5, 5.41) is 9.42. The fourth-order valence-electron chi connectivity index (χ4n) is 4.43. The number of carbonyl (C=O) groups is 1. The molecule has 35 heavy (non-hydrogen) atoms. The Bertz CT molecular complexity index is 1300. The predicted molar refractivity (Wildman–Crippen MR) is 134 cm³/mol. The third-order valence-electron chi connectivity index (χ3n) is 6.30. The van der Waals surface area contributed by atoms with Crippen LogP contribution in [0.2, 0.25) is 0 Å². The molecule has 0 bridgehead atoms. The van der Waals surface area contributed by atoms with Crippen LogP contribution in [0.25, 0.3) is 11.1 Å². The first-order valence-corrected chi connectivity index (χ1v) is 12.1. The number of benzene rings is 2. The zero-order valence-electron chi connectivity index (χ0n) is 20.3. The van der Waals surface area contributed by atoms with E-state index in [9.17, 15) is 14.9 Å². The van der Waals surface area contributed by atoms with Crippen LogP contribution >= 0.6 is 0 Å². The van der Waals surface area contributed by atoms with Crippen LogP contribution in [0.3, 0.4) is 0 Å². The third-order valence-corrected chi connectivity index (χ3v) is 6.30. The molecule has 0 unspecified atom stereocenters. The minimum absolute atomic E-state index is 0.175. The molecule has 7 nitrogen and oxygen atoms in total. The van der Waals surface area contributed by atoms with Gasteiger partial charge in [-0.1, -0.05) is 56.3 Å². The SMILES string of the molecule is CCCc1nc(CC)c(C(=O)N2CCOCC2)c(=O)n1Cc1ccc(-c2ccccc2C#N)cc1. The van der Waals surface area contributed by atoms with E-state index in [0.717, 1.165) is 23.1 Å². The first kappa shape index (κ1) is 24.4. The number of aromatic nitrogens is 2. The van der Waals surface area contributed by atoms with Gasteiger partial charge in [0.15, 0.2) is 0 Å². The first-order valence-electron chi connectivity index (χ1n) is 12.1. The topological polar surface area (TPSA) is 88.2 Å². The molecule has 1 aliphatic heterocycles. The highest BCUT2D eigenvalue weighted by atomic mass is 16.5. The second kappa shape index (κ2) is 11.1. The van der Waals surface area contributed by atoms with Gasteiger partial charge in [0.1, 0.15) is 11.4 Å². The third kappa shape index (κ3) is 5.18. The molecule has 0 radical (unpaired) electrons. The summed E-state index contributed by atoms with van der Waals surface area (Å²) >= 11 is 0. The first-order chi connectivity index (χ1) is 17.1. The van der Waals surface area contributed by atoms with Crippen molar-refractivity contribution < 1.29 is 9.53 Å². The summed E-state index contributed by atoms with van der Waals surface area (Å²) in [6.45, 7) is 6.21. The van der Waals surface area contributed by atoms with Crippen LogP contribution in [-0.2, 0) is 24.1 Å². The van der Waals surface area contributed by atoms with Crippen molar-refractivity contribution in [1.29, 1.82) is 5.26 Å². The van der Waals surface area contributed by atoms with E-state index in [1.165, 1.54) is 0 Å². The molecule has 1 aromatic heterocycles. The van der Waals surface area contributed by atoms with E-state index in [1.54, 1.807) is 15.5 Å². The number of amides is 1. The average Bonchev–Trinajstić information content (AvgIpc) is 2.91. The van der Waals surface area contributed by atoms with Crippen LogP contribution < -0.4 is 5.56 Å². The molecule has 0 saturated carbocycles. The van der Waals surface area contributed by atoms with Gasteiger partial charge < -0.3 is 9.64 Å². The number of aryl methyl sites for hydroxylation is 2. The van der Waals surface area contributed by atoms with Gasteiger partial charge in [-0.05, 0) is 35.6 Å². The second-order valence-electron chi connectivity index (χ2n) is 8.60. The number of carbonyl (C=O) groups excluding carboxylic acids is 1. The van der Waals surface area contributed by atoms with Crippen LogP contribution in [0.4, 0.5) is 0 Å². The normalized spacial score (nSPS) is 13.5. The van der Waals surface area contributed by atoms with E-state index >= 15 is 0 Å². The van der Waals surface area contributed by atoms with Crippen LogP contribution in [-0.4, -0.2) is 46.7 Å². The lowest BCUT2D eigenvalue weighted by molar-refractivity contribution is 0.0300. The van der Waals surface area contributed by atoms with Gasteiger partial charge in [0, 0.05) is 19.5 Å². The summed E-state index contributed by atoms with van der Waals surface area (Å²) in [6.07, 6.45) is 2.02. The molecule has 1 fully saturated rings. The maximum Gasteiger partial charge on any atom is 0.266 e. The van der Waals surface area contributed by atoms with E-state index in [-0.39, 0.29) is 17.0 Å². The van der Waals surface area contributed by atoms with Crippen LogP contribution in [0.5, 0.6) is 0 Å². The van der Waals surface area contributed by atoms with Gasteiger partial charge in [0.05, 0.1) is 37.1 Å². The maximum atomic E-state index is 13.7. The fraction of sp³-hybridized carbons (Fsp3) is 0.357. The smallest absolute Gasteiger partial charge is 0.266 e. The largest absolute Gasteiger partial charge is 0.378 e.